The highest BCUT2D eigenvalue weighted by Crippen LogP contribution is 2.18. The Labute approximate surface area is 112 Å². The molecule has 100 valence electrons. The maximum absolute atomic E-state index is 12.0. The molecule has 0 radical (unpaired) electrons. The number of likely N-dealkylation sites (tertiary alicyclic amines) is 1. The third-order valence-electron chi connectivity index (χ3n) is 3.40. The largest absolute Gasteiger partial charge is 0.396 e. The third kappa shape index (κ3) is 3.46. The molecule has 1 heterocycles. The molecule has 0 unspecified atom stereocenters. The van der Waals surface area contributed by atoms with Gasteiger partial charge >= 0.3 is 6.03 Å². The Morgan fingerprint density at radius 3 is 2.84 bits per heavy atom. The fourth-order valence-corrected chi connectivity index (χ4v) is 2.19. The first-order valence-electron chi connectivity index (χ1n) is 6.40. The fourth-order valence-electron chi connectivity index (χ4n) is 2.19. The van der Waals surface area contributed by atoms with Crippen LogP contribution in [0.2, 0.25) is 0 Å². The topological polar surface area (TPSA) is 76.4 Å². The number of aliphatic hydroxyl groups is 1. The number of piperidine rings is 1. The monoisotopic (exact) mass is 259 g/mol. The second-order valence-electron chi connectivity index (χ2n) is 4.74. The van der Waals surface area contributed by atoms with Crippen molar-refractivity contribution in [3.63, 3.8) is 0 Å². The van der Waals surface area contributed by atoms with E-state index in [1.165, 1.54) is 0 Å². The molecule has 1 fully saturated rings. The molecule has 5 nitrogen and oxygen atoms in total. The molecule has 1 aromatic carbocycles. The van der Waals surface area contributed by atoms with Crippen LogP contribution in [0, 0.1) is 17.2 Å². The van der Waals surface area contributed by atoms with Gasteiger partial charge in [-0.1, -0.05) is 6.07 Å². The van der Waals surface area contributed by atoms with E-state index >= 15 is 0 Å². The highest BCUT2D eigenvalue weighted by atomic mass is 16.3. The second-order valence-corrected chi connectivity index (χ2v) is 4.74. The molecule has 2 N–H and O–H groups in total. The van der Waals surface area contributed by atoms with Gasteiger partial charge in [0.25, 0.3) is 0 Å². The number of nitrogens with zero attached hydrogens (tertiary/aromatic N) is 2. The van der Waals surface area contributed by atoms with Crippen molar-refractivity contribution in [1.82, 2.24) is 4.90 Å². The van der Waals surface area contributed by atoms with Crippen LogP contribution in [0.4, 0.5) is 10.5 Å². The summed E-state index contributed by atoms with van der Waals surface area (Å²) in [7, 11) is 0. The van der Waals surface area contributed by atoms with Crippen LogP contribution in [0.15, 0.2) is 24.3 Å². The molecule has 0 bridgehead atoms. The summed E-state index contributed by atoms with van der Waals surface area (Å²) in [6, 6.07) is 8.75. The molecule has 1 saturated heterocycles. The Morgan fingerprint density at radius 2 is 2.21 bits per heavy atom. The Kier molecular flexibility index (Phi) is 4.37. The summed E-state index contributed by atoms with van der Waals surface area (Å²) in [6.45, 7) is 1.52. The SMILES string of the molecule is N#Cc1cccc(NC(=O)N2CCC(CO)CC2)c1. The van der Waals surface area contributed by atoms with Gasteiger partial charge in [-0.25, -0.2) is 4.79 Å². The number of benzene rings is 1. The maximum Gasteiger partial charge on any atom is 0.321 e. The predicted octanol–water partition coefficient (Wildman–Crippen LogP) is 1.79. The summed E-state index contributed by atoms with van der Waals surface area (Å²) >= 11 is 0. The van der Waals surface area contributed by atoms with Crippen LogP contribution in [0.5, 0.6) is 0 Å². The summed E-state index contributed by atoms with van der Waals surface area (Å²) in [5, 5.41) is 20.7. The first kappa shape index (κ1) is 13.4. The highest BCUT2D eigenvalue weighted by molar-refractivity contribution is 5.89. The number of amides is 2. The van der Waals surface area contributed by atoms with E-state index < -0.39 is 0 Å². The molecular weight excluding hydrogens is 242 g/mol. The lowest BCUT2D eigenvalue weighted by atomic mass is 9.98. The fraction of sp³-hybridized carbons (Fsp3) is 0.429. The van der Waals surface area contributed by atoms with Crippen LogP contribution < -0.4 is 5.32 Å². The predicted molar refractivity (Wildman–Crippen MR) is 71.6 cm³/mol. The maximum atomic E-state index is 12.0. The first-order valence-corrected chi connectivity index (χ1v) is 6.40. The highest BCUT2D eigenvalue weighted by Gasteiger charge is 2.22. The lowest BCUT2D eigenvalue weighted by Gasteiger charge is -2.31. The normalized spacial score (nSPS) is 15.9. The molecule has 19 heavy (non-hydrogen) atoms. The Bertz CT molecular complexity index is 488. The minimum Gasteiger partial charge on any atom is -0.396 e. The minimum absolute atomic E-state index is 0.147. The number of hydrogen-bond acceptors (Lipinski definition) is 3. The van der Waals surface area contributed by atoms with Gasteiger partial charge in [0.2, 0.25) is 0 Å². The van der Waals surface area contributed by atoms with Gasteiger partial charge in [0.05, 0.1) is 11.6 Å². The van der Waals surface area contributed by atoms with Gasteiger partial charge in [-0.15, -0.1) is 0 Å². The number of nitrogens with one attached hydrogen (secondary N) is 1. The van der Waals surface area contributed by atoms with Gasteiger partial charge in [0, 0.05) is 25.4 Å². The van der Waals surface area contributed by atoms with Gasteiger partial charge in [-0.05, 0) is 37.0 Å². The lowest BCUT2D eigenvalue weighted by molar-refractivity contribution is 0.143. The van der Waals surface area contributed by atoms with Gasteiger partial charge in [0.1, 0.15) is 0 Å². The minimum atomic E-state index is -0.147. The van der Waals surface area contributed by atoms with Crippen molar-refractivity contribution in [3.05, 3.63) is 29.8 Å². The van der Waals surface area contributed by atoms with Crippen molar-refractivity contribution >= 4 is 11.7 Å². The van der Waals surface area contributed by atoms with Crippen molar-refractivity contribution in [2.45, 2.75) is 12.8 Å². The molecule has 5 heteroatoms. The number of carbonyl (C=O) groups excluding carboxylic acids is 1. The molecule has 0 atom stereocenters. The molecular formula is C14H17N3O2. The van der Waals surface area contributed by atoms with Crippen LogP contribution in [-0.2, 0) is 0 Å². The number of nitriles is 1. The molecule has 2 rings (SSSR count). The summed E-state index contributed by atoms with van der Waals surface area (Å²) in [6.07, 6.45) is 1.67. The quantitative estimate of drug-likeness (QED) is 0.850. The van der Waals surface area contributed by atoms with Gasteiger partial charge < -0.3 is 15.3 Å². The zero-order chi connectivity index (χ0) is 13.7. The smallest absolute Gasteiger partial charge is 0.321 e. The van der Waals surface area contributed by atoms with Gasteiger partial charge in [0.15, 0.2) is 0 Å². The first-order chi connectivity index (χ1) is 9.22. The van der Waals surface area contributed by atoms with Gasteiger partial charge in [-0.3, -0.25) is 0 Å². The number of hydrogen-bond donors (Lipinski definition) is 2. The van der Waals surface area contributed by atoms with E-state index in [0.29, 0.717) is 30.3 Å². The molecule has 0 aromatic heterocycles. The molecule has 1 aliphatic heterocycles. The summed E-state index contributed by atoms with van der Waals surface area (Å²) < 4.78 is 0. The van der Waals surface area contributed by atoms with E-state index in [2.05, 4.69) is 5.32 Å². The van der Waals surface area contributed by atoms with Crippen LogP contribution in [0.3, 0.4) is 0 Å². The van der Waals surface area contributed by atoms with E-state index in [9.17, 15) is 4.79 Å². The van der Waals surface area contributed by atoms with Crippen molar-refractivity contribution in [2.24, 2.45) is 5.92 Å². The van der Waals surface area contributed by atoms with Crippen LogP contribution >= 0.6 is 0 Å². The van der Waals surface area contributed by atoms with E-state index in [1.807, 2.05) is 6.07 Å². The van der Waals surface area contributed by atoms with Crippen molar-refractivity contribution in [1.29, 1.82) is 5.26 Å². The van der Waals surface area contributed by atoms with E-state index in [1.54, 1.807) is 29.2 Å². The zero-order valence-electron chi connectivity index (χ0n) is 10.7. The van der Waals surface area contributed by atoms with Crippen LogP contribution in [0.25, 0.3) is 0 Å². The molecule has 0 spiro atoms. The Hall–Kier alpha value is -2.06. The number of carbonyl (C=O) groups is 1. The molecule has 0 saturated carbocycles. The summed E-state index contributed by atoms with van der Waals surface area (Å²) in [4.78, 5) is 13.8. The summed E-state index contributed by atoms with van der Waals surface area (Å²) in [5.74, 6) is 0.311. The third-order valence-corrected chi connectivity index (χ3v) is 3.40. The number of urea groups is 1. The van der Waals surface area contributed by atoms with Crippen molar-refractivity contribution in [2.75, 3.05) is 25.0 Å². The zero-order valence-corrected chi connectivity index (χ0v) is 10.7. The van der Waals surface area contributed by atoms with Gasteiger partial charge in [-0.2, -0.15) is 5.26 Å². The molecule has 0 aliphatic carbocycles. The number of rotatable bonds is 2. The van der Waals surface area contributed by atoms with Crippen molar-refractivity contribution < 1.29 is 9.90 Å². The van der Waals surface area contributed by atoms with Crippen LogP contribution in [-0.4, -0.2) is 35.7 Å². The van der Waals surface area contributed by atoms with E-state index in [-0.39, 0.29) is 12.6 Å². The van der Waals surface area contributed by atoms with Crippen molar-refractivity contribution in [3.8, 4) is 6.07 Å². The summed E-state index contributed by atoms with van der Waals surface area (Å²) in [5.41, 5.74) is 1.16. The van der Waals surface area contributed by atoms with E-state index in [0.717, 1.165) is 12.8 Å². The second kappa shape index (κ2) is 6.21. The number of aliphatic hydroxyl groups excluding tert-OH is 1. The number of anilines is 1. The molecule has 2 amide bonds. The lowest BCUT2D eigenvalue weighted by Crippen LogP contribution is -2.41. The Balaban J connectivity index is 1.92. The average Bonchev–Trinajstić information content (AvgIpc) is 2.47. The molecule has 1 aliphatic rings. The average molecular weight is 259 g/mol. The molecule has 1 aromatic rings. The standard InChI is InChI=1S/C14H17N3O2/c15-9-12-2-1-3-13(8-12)16-14(19)17-6-4-11(10-18)5-7-17/h1-3,8,11,18H,4-7,10H2,(H,16,19). The van der Waals surface area contributed by atoms with E-state index in [4.69, 9.17) is 10.4 Å². The van der Waals surface area contributed by atoms with Crippen LogP contribution in [0.1, 0.15) is 18.4 Å². The Morgan fingerprint density at radius 1 is 1.47 bits per heavy atom.